The van der Waals surface area contributed by atoms with Gasteiger partial charge in [-0.05, 0) is 17.3 Å². The molecule has 0 aromatic rings. The predicted octanol–water partition coefficient (Wildman–Crippen LogP) is 3.35. The number of amides is 1. The van der Waals surface area contributed by atoms with Gasteiger partial charge in [0.2, 0.25) is 5.91 Å². The van der Waals surface area contributed by atoms with Crippen molar-refractivity contribution in [3.63, 3.8) is 0 Å². The smallest absolute Gasteiger partial charge is 0.223 e. The van der Waals surface area contributed by atoms with Gasteiger partial charge in [-0.2, -0.15) is 0 Å². The summed E-state index contributed by atoms with van der Waals surface area (Å²) in [7, 11) is 0. The Morgan fingerprint density at radius 3 is 1.67 bits per heavy atom. The maximum atomic E-state index is 11.7. The summed E-state index contributed by atoms with van der Waals surface area (Å²) in [5.74, 6) is -0.184. The first-order chi connectivity index (χ1) is 6.46. The Kier molecular flexibility index (Phi) is 4.00. The maximum absolute atomic E-state index is 11.7. The lowest BCUT2D eigenvalue weighted by atomic mass is 9.60. The lowest BCUT2D eigenvalue weighted by molar-refractivity contribution is -0.135. The summed E-state index contributed by atoms with van der Waals surface area (Å²) in [5, 5.41) is 0. The highest BCUT2D eigenvalue weighted by Crippen LogP contribution is 2.47. The van der Waals surface area contributed by atoms with Gasteiger partial charge in [0.1, 0.15) is 0 Å². The van der Waals surface area contributed by atoms with Crippen molar-refractivity contribution in [1.29, 1.82) is 0 Å². The minimum Gasteiger partial charge on any atom is -0.369 e. The fraction of sp³-hybridized carbons (Fsp3) is 0.923. The quantitative estimate of drug-likeness (QED) is 0.764. The van der Waals surface area contributed by atoms with Gasteiger partial charge in [0.15, 0.2) is 0 Å². The van der Waals surface area contributed by atoms with Gasteiger partial charge in [0.25, 0.3) is 0 Å². The molecule has 0 aliphatic carbocycles. The van der Waals surface area contributed by atoms with E-state index in [9.17, 15) is 4.79 Å². The van der Waals surface area contributed by atoms with Crippen molar-refractivity contribution >= 4 is 5.91 Å². The molecule has 15 heavy (non-hydrogen) atoms. The van der Waals surface area contributed by atoms with Crippen LogP contribution in [0.25, 0.3) is 0 Å². The third-order valence-corrected chi connectivity index (χ3v) is 3.99. The molecule has 90 valence electrons. The molecule has 1 unspecified atom stereocenters. The van der Waals surface area contributed by atoms with Crippen molar-refractivity contribution in [3.05, 3.63) is 0 Å². The van der Waals surface area contributed by atoms with Gasteiger partial charge in [-0.3, -0.25) is 4.79 Å². The Balaban J connectivity index is 5.09. The Bertz CT molecular complexity index is 237. The van der Waals surface area contributed by atoms with Crippen molar-refractivity contribution in [2.75, 3.05) is 0 Å². The third kappa shape index (κ3) is 3.22. The summed E-state index contributed by atoms with van der Waals surface area (Å²) >= 11 is 0. The predicted molar refractivity (Wildman–Crippen MR) is 65.4 cm³/mol. The normalized spacial score (nSPS) is 17.3. The number of hydrogen-bond donors (Lipinski definition) is 1. The molecule has 0 aromatic carbocycles. The molecule has 0 heterocycles. The number of carbonyl (C=O) groups excluding carboxylic acids is 1. The van der Waals surface area contributed by atoms with Crippen LogP contribution in [0.15, 0.2) is 0 Å². The van der Waals surface area contributed by atoms with Crippen molar-refractivity contribution < 1.29 is 4.79 Å². The minimum absolute atomic E-state index is 0.0920. The lowest BCUT2D eigenvalue weighted by Gasteiger charge is -2.44. The van der Waals surface area contributed by atoms with E-state index >= 15 is 0 Å². The van der Waals surface area contributed by atoms with Gasteiger partial charge in [-0.1, -0.05) is 54.9 Å². The van der Waals surface area contributed by atoms with Gasteiger partial charge in [0.05, 0.1) is 5.41 Å². The third-order valence-electron chi connectivity index (χ3n) is 3.99. The monoisotopic (exact) mass is 213 g/mol. The van der Waals surface area contributed by atoms with E-state index in [-0.39, 0.29) is 16.7 Å². The van der Waals surface area contributed by atoms with Crippen LogP contribution in [0, 0.1) is 16.2 Å². The van der Waals surface area contributed by atoms with Gasteiger partial charge in [0, 0.05) is 0 Å². The molecule has 0 saturated heterocycles. The number of rotatable bonds is 4. The Labute approximate surface area is 94.6 Å². The largest absolute Gasteiger partial charge is 0.369 e. The van der Waals surface area contributed by atoms with E-state index < -0.39 is 5.41 Å². The molecule has 1 amide bonds. The van der Waals surface area contributed by atoms with Crippen LogP contribution in [-0.4, -0.2) is 5.91 Å². The molecule has 2 N–H and O–H groups in total. The summed E-state index contributed by atoms with van der Waals surface area (Å²) in [6, 6.07) is 0. The molecule has 0 radical (unpaired) electrons. The standard InChI is InChI=1S/C13H27NO/c1-8-12(5,6)9-13(7,10(14)15)11(2,3)4/h8-9H2,1-7H3,(H2,14,15). The number of hydrogen-bond acceptors (Lipinski definition) is 1. The Morgan fingerprint density at radius 2 is 1.47 bits per heavy atom. The molecule has 0 fully saturated rings. The molecule has 0 rings (SSSR count). The summed E-state index contributed by atoms with van der Waals surface area (Å²) in [6.45, 7) is 14.8. The lowest BCUT2D eigenvalue weighted by Crippen LogP contribution is -2.47. The molecule has 0 aromatic heterocycles. The highest BCUT2D eigenvalue weighted by Gasteiger charge is 2.45. The SMILES string of the molecule is CCC(C)(C)CC(C)(C(N)=O)C(C)(C)C. The Hall–Kier alpha value is -0.530. The van der Waals surface area contributed by atoms with E-state index in [4.69, 9.17) is 5.73 Å². The van der Waals surface area contributed by atoms with Gasteiger partial charge in [-0.25, -0.2) is 0 Å². The zero-order valence-electron chi connectivity index (χ0n) is 11.4. The zero-order chi connectivity index (χ0) is 12.5. The van der Waals surface area contributed by atoms with E-state index in [0.29, 0.717) is 0 Å². The van der Waals surface area contributed by atoms with Crippen molar-refractivity contribution in [3.8, 4) is 0 Å². The van der Waals surface area contributed by atoms with Gasteiger partial charge < -0.3 is 5.73 Å². The number of carbonyl (C=O) groups is 1. The summed E-state index contributed by atoms with van der Waals surface area (Å²) in [4.78, 5) is 11.7. The van der Waals surface area contributed by atoms with Gasteiger partial charge >= 0.3 is 0 Å². The molecule has 0 spiro atoms. The van der Waals surface area contributed by atoms with Crippen LogP contribution in [0.5, 0.6) is 0 Å². The molecular weight excluding hydrogens is 186 g/mol. The van der Waals surface area contributed by atoms with Crippen LogP contribution in [0.2, 0.25) is 0 Å². The number of primary amides is 1. The fourth-order valence-electron chi connectivity index (χ4n) is 1.80. The summed E-state index contributed by atoms with van der Waals surface area (Å²) < 4.78 is 0. The second kappa shape index (κ2) is 4.15. The van der Waals surface area contributed by atoms with Crippen molar-refractivity contribution in [2.24, 2.45) is 22.0 Å². The first-order valence-electron chi connectivity index (χ1n) is 5.76. The fourth-order valence-corrected chi connectivity index (χ4v) is 1.80. The summed E-state index contributed by atoms with van der Waals surface area (Å²) in [5.41, 5.74) is 5.21. The number of nitrogens with two attached hydrogens (primary N) is 1. The molecule has 1 atom stereocenters. The Morgan fingerprint density at radius 1 is 1.07 bits per heavy atom. The average Bonchev–Trinajstić information content (AvgIpc) is 2.01. The van der Waals surface area contributed by atoms with Gasteiger partial charge in [-0.15, -0.1) is 0 Å². The molecule has 0 aliphatic rings. The highest BCUT2D eigenvalue weighted by atomic mass is 16.1. The average molecular weight is 213 g/mol. The second-order valence-electron chi connectivity index (χ2n) is 6.64. The van der Waals surface area contributed by atoms with Crippen molar-refractivity contribution in [1.82, 2.24) is 0 Å². The van der Waals surface area contributed by atoms with Crippen LogP contribution < -0.4 is 5.73 Å². The van der Waals surface area contributed by atoms with E-state index in [1.54, 1.807) is 0 Å². The topological polar surface area (TPSA) is 43.1 Å². The van der Waals surface area contributed by atoms with E-state index in [0.717, 1.165) is 12.8 Å². The molecule has 0 bridgehead atoms. The first kappa shape index (κ1) is 14.5. The van der Waals surface area contributed by atoms with Crippen LogP contribution in [-0.2, 0) is 4.79 Å². The van der Waals surface area contributed by atoms with E-state index in [1.165, 1.54) is 0 Å². The van der Waals surface area contributed by atoms with Crippen LogP contribution in [0.4, 0.5) is 0 Å². The summed E-state index contributed by atoms with van der Waals surface area (Å²) in [6.07, 6.45) is 1.90. The second-order valence-corrected chi connectivity index (χ2v) is 6.64. The zero-order valence-corrected chi connectivity index (χ0v) is 11.4. The molecule has 2 nitrogen and oxygen atoms in total. The van der Waals surface area contributed by atoms with Crippen LogP contribution >= 0.6 is 0 Å². The van der Waals surface area contributed by atoms with Crippen LogP contribution in [0.1, 0.15) is 61.3 Å². The molecule has 0 saturated carbocycles. The first-order valence-corrected chi connectivity index (χ1v) is 5.76. The maximum Gasteiger partial charge on any atom is 0.223 e. The van der Waals surface area contributed by atoms with Crippen molar-refractivity contribution in [2.45, 2.75) is 61.3 Å². The van der Waals surface area contributed by atoms with E-state index in [1.807, 2.05) is 6.92 Å². The highest BCUT2D eigenvalue weighted by molar-refractivity contribution is 5.81. The molecular formula is C13H27NO. The minimum atomic E-state index is -0.438. The van der Waals surface area contributed by atoms with E-state index in [2.05, 4.69) is 41.5 Å². The molecule has 0 aliphatic heterocycles. The van der Waals surface area contributed by atoms with Crippen LogP contribution in [0.3, 0.4) is 0 Å². The molecule has 2 heteroatoms.